The largest absolute Gasteiger partial charge is 0.467 e. The third kappa shape index (κ3) is 4.96. The Balaban J connectivity index is 1.60. The van der Waals surface area contributed by atoms with Gasteiger partial charge >= 0.3 is 0 Å². The number of amides is 1. The van der Waals surface area contributed by atoms with Crippen molar-refractivity contribution < 1.29 is 14.1 Å². The molecule has 1 aromatic heterocycles. The summed E-state index contributed by atoms with van der Waals surface area (Å²) < 4.78 is 5.38. The quantitative estimate of drug-likeness (QED) is 0.243. The average Bonchev–Trinajstić information content (AvgIpc) is 3.39. The topological polar surface area (TPSA) is 101 Å². The van der Waals surface area contributed by atoms with Crippen LogP contribution in [0.25, 0.3) is 6.08 Å². The number of nitrogens with zero attached hydrogens (tertiary/aromatic N) is 4. The minimum Gasteiger partial charge on any atom is -0.467 e. The molecule has 9 heteroatoms. The van der Waals surface area contributed by atoms with E-state index in [1.807, 2.05) is 30.3 Å². The SMILES string of the molecule is O=C1/C(=C/c2ccc([N+](=O)[O-])cc2)S/C(=N\N=C\c2ccccc2)N1Cc1ccco1. The number of benzene rings is 2. The Morgan fingerprint density at radius 2 is 1.81 bits per heavy atom. The van der Waals surface area contributed by atoms with Gasteiger partial charge in [0.15, 0.2) is 5.17 Å². The van der Waals surface area contributed by atoms with Gasteiger partial charge in [-0.25, -0.2) is 0 Å². The lowest BCUT2D eigenvalue weighted by molar-refractivity contribution is -0.384. The van der Waals surface area contributed by atoms with Crippen molar-refractivity contribution in [2.75, 3.05) is 0 Å². The molecule has 4 rings (SSSR count). The first-order valence-corrected chi connectivity index (χ1v) is 10.1. The normalized spacial score (nSPS) is 16.6. The average molecular weight is 432 g/mol. The number of amidine groups is 1. The van der Waals surface area contributed by atoms with Crippen molar-refractivity contribution in [1.29, 1.82) is 0 Å². The van der Waals surface area contributed by atoms with Crippen molar-refractivity contribution in [2.45, 2.75) is 6.54 Å². The molecule has 3 aromatic rings. The molecule has 0 unspecified atom stereocenters. The Kier molecular flexibility index (Phi) is 6.04. The summed E-state index contributed by atoms with van der Waals surface area (Å²) in [6.45, 7) is 0.218. The number of hydrogen-bond donors (Lipinski definition) is 0. The minimum atomic E-state index is -0.465. The molecule has 1 amide bonds. The molecule has 2 heterocycles. The third-order valence-corrected chi connectivity index (χ3v) is 5.33. The zero-order valence-corrected chi connectivity index (χ0v) is 16.9. The second-order valence-corrected chi connectivity index (χ2v) is 7.48. The number of carbonyl (C=O) groups is 1. The van der Waals surface area contributed by atoms with Gasteiger partial charge in [0, 0.05) is 12.1 Å². The van der Waals surface area contributed by atoms with E-state index in [4.69, 9.17) is 4.42 Å². The molecule has 1 fully saturated rings. The van der Waals surface area contributed by atoms with E-state index in [1.165, 1.54) is 28.8 Å². The van der Waals surface area contributed by atoms with E-state index in [-0.39, 0.29) is 18.1 Å². The molecule has 0 aliphatic carbocycles. The first kappa shape index (κ1) is 20.3. The van der Waals surface area contributed by atoms with Crippen molar-refractivity contribution in [3.8, 4) is 0 Å². The van der Waals surface area contributed by atoms with Gasteiger partial charge in [-0.05, 0) is 53.2 Å². The van der Waals surface area contributed by atoms with Crippen molar-refractivity contribution in [2.24, 2.45) is 10.2 Å². The third-order valence-electron chi connectivity index (χ3n) is 4.33. The van der Waals surface area contributed by atoms with E-state index in [1.54, 1.807) is 42.8 Å². The van der Waals surface area contributed by atoms with Gasteiger partial charge in [-0.1, -0.05) is 30.3 Å². The lowest BCUT2D eigenvalue weighted by Crippen LogP contribution is -2.28. The highest BCUT2D eigenvalue weighted by Gasteiger charge is 2.34. The first-order chi connectivity index (χ1) is 15.1. The van der Waals surface area contributed by atoms with E-state index < -0.39 is 4.92 Å². The highest BCUT2D eigenvalue weighted by atomic mass is 32.2. The number of hydrogen-bond acceptors (Lipinski definition) is 7. The van der Waals surface area contributed by atoms with E-state index >= 15 is 0 Å². The summed E-state index contributed by atoms with van der Waals surface area (Å²) in [6.07, 6.45) is 4.83. The van der Waals surface area contributed by atoms with E-state index in [0.717, 1.165) is 5.56 Å². The Morgan fingerprint density at radius 3 is 2.48 bits per heavy atom. The van der Waals surface area contributed by atoms with Crippen LogP contribution < -0.4 is 0 Å². The maximum absolute atomic E-state index is 13.0. The molecule has 2 aromatic carbocycles. The van der Waals surface area contributed by atoms with Crippen LogP contribution in [0.5, 0.6) is 0 Å². The van der Waals surface area contributed by atoms with Gasteiger partial charge in [0.05, 0.1) is 28.9 Å². The van der Waals surface area contributed by atoms with Crippen molar-refractivity contribution in [3.05, 3.63) is 105 Å². The number of furan rings is 1. The van der Waals surface area contributed by atoms with Gasteiger partial charge in [-0.15, -0.1) is 5.10 Å². The van der Waals surface area contributed by atoms with Crippen LogP contribution in [0.1, 0.15) is 16.9 Å². The molecule has 1 saturated heterocycles. The van der Waals surface area contributed by atoms with Gasteiger partial charge in [0.25, 0.3) is 11.6 Å². The molecule has 1 aliphatic heterocycles. The Morgan fingerprint density at radius 1 is 1.03 bits per heavy atom. The number of carbonyl (C=O) groups excluding carboxylic acids is 1. The highest BCUT2D eigenvalue weighted by Crippen LogP contribution is 2.34. The maximum Gasteiger partial charge on any atom is 0.269 e. The Labute approximate surface area is 181 Å². The Hall–Kier alpha value is -3.98. The molecule has 0 N–H and O–H groups in total. The van der Waals surface area contributed by atoms with Crippen molar-refractivity contribution in [3.63, 3.8) is 0 Å². The molecule has 0 saturated carbocycles. The molecular weight excluding hydrogens is 416 g/mol. The predicted octanol–water partition coefficient (Wildman–Crippen LogP) is 4.69. The molecule has 0 atom stereocenters. The summed E-state index contributed by atoms with van der Waals surface area (Å²) >= 11 is 1.19. The number of nitro groups is 1. The molecule has 154 valence electrons. The second kappa shape index (κ2) is 9.23. The molecule has 0 radical (unpaired) electrons. The smallest absolute Gasteiger partial charge is 0.269 e. The van der Waals surface area contributed by atoms with Crippen LogP contribution in [0, 0.1) is 10.1 Å². The van der Waals surface area contributed by atoms with Crippen LogP contribution in [0.2, 0.25) is 0 Å². The van der Waals surface area contributed by atoms with Gasteiger partial charge in [-0.3, -0.25) is 19.8 Å². The summed E-state index contributed by atoms with van der Waals surface area (Å²) in [4.78, 5) is 25.3. The summed E-state index contributed by atoms with van der Waals surface area (Å²) in [6, 6.07) is 19.0. The summed E-state index contributed by atoms with van der Waals surface area (Å²) in [7, 11) is 0. The summed E-state index contributed by atoms with van der Waals surface area (Å²) in [5.41, 5.74) is 1.55. The van der Waals surface area contributed by atoms with E-state index in [0.29, 0.717) is 21.4 Å². The molecular formula is C22H16N4O4S. The van der Waals surface area contributed by atoms with Crippen LogP contribution in [0.4, 0.5) is 5.69 Å². The summed E-state index contributed by atoms with van der Waals surface area (Å²) in [5, 5.41) is 19.6. The maximum atomic E-state index is 13.0. The number of nitro benzene ring substituents is 1. The van der Waals surface area contributed by atoms with Crippen molar-refractivity contribution in [1.82, 2.24) is 4.90 Å². The van der Waals surface area contributed by atoms with Crippen molar-refractivity contribution >= 4 is 40.8 Å². The van der Waals surface area contributed by atoms with Crippen LogP contribution in [0.3, 0.4) is 0 Å². The zero-order chi connectivity index (χ0) is 21.6. The van der Waals surface area contributed by atoms with Gasteiger partial charge in [0.1, 0.15) is 5.76 Å². The fraction of sp³-hybridized carbons (Fsp3) is 0.0455. The van der Waals surface area contributed by atoms with Gasteiger partial charge in [-0.2, -0.15) is 5.10 Å². The lowest BCUT2D eigenvalue weighted by atomic mass is 10.2. The molecule has 0 bridgehead atoms. The highest BCUT2D eigenvalue weighted by molar-refractivity contribution is 8.18. The lowest BCUT2D eigenvalue weighted by Gasteiger charge is -2.12. The molecule has 31 heavy (non-hydrogen) atoms. The van der Waals surface area contributed by atoms with Gasteiger partial charge in [0.2, 0.25) is 0 Å². The Bertz CT molecular complexity index is 1170. The minimum absolute atomic E-state index is 0.00972. The van der Waals surface area contributed by atoms with Crippen LogP contribution in [-0.2, 0) is 11.3 Å². The molecule has 1 aliphatic rings. The van der Waals surface area contributed by atoms with Gasteiger partial charge < -0.3 is 4.42 Å². The zero-order valence-electron chi connectivity index (χ0n) is 16.1. The van der Waals surface area contributed by atoms with E-state index in [2.05, 4.69) is 10.2 Å². The van der Waals surface area contributed by atoms with Crippen LogP contribution in [-0.4, -0.2) is 27.1 Å². The van der Waals surface area contributed by atoms with Crippen LogP contribution >= 0.6 is 11.8 Å². The molecule has 0 spiro atoms. The fourth-order valence-corrected chi connectivity index (χ4v) is 3.74. The standard InChI is InChI=1S/C22H16N4O4S/c27-21-20(13-16-8-10-18(11-9-16)26(28)29)31-22(25(21)15-19-7-4-12-30-19)24-23-14-17-5-2-1-3-6-17/h1-14H,15H2/b20-13-,23-14+,24-22-. The first-order valence-electron chi connectivity index (χ1n) is 9.24. The number of thioether (sulfide) groups is 1. The summed E-state index contributed by atoms with van der Waals surface area (Å²) in [5.74, 6) is 0.374. The second-order valence-electron chi connectivity index (χ2n) is 6.47. The molecule has 8 nitrogen and oxygen atoms in total. The van der Waals surface area contributed by atoms with E-state index in [9.17, 15) is 14.9 Å². The monoisotopic (exact) mass is 432 g/mol. The fourth-order valence-electron chi connectivity index (χ4n) is 2.81. The number of non-ortho nitro benzene ring substituents is 1. The predicted molar refractivity (Wildman–Crippen MR) is 119 cm³/mol. The van der Waals surface area contributed by atoms with Crippen LogP contribution in [0.15, 0.2) is 92.5 Å². The number of rotatable bonds is 6.